The zero-order valence-electron chi connectivity index (χ0n) is 7.58. The smallest absolute Gasteiger partial charge is 0.306 e. The summed E-state index contributed by atoms with van der Waals surface area (Å²) in [5.41, 5.74) is 0.175. The Morgan fingerprint density at radius 1 is 1.53 bits per heavy atom. The van der Waals surface area contributed by atoms with Crippen LogP contribution < -0.4 is 9.09 Å². The predicted octanol–water partition coefficient (Wildman–Crippen LogP) is -0.200. The Morgan fingerprint density at radius 3 is 2.93 bits per heavy atom. The number of nitrogens with zero attached hydrogens (tertiary/aromatic N) is 2. The quantitative estimate of drug-likeness (QED) is 0.523. The highest BCUT2D eigenvalue weighted by atomic mass is 32.2. The molecule has 0 amide bonds. The van der Waals surface area contributed by atoms with Crippen LogP contribution in [0.25, 0.3) is 11.0 Å². The molecule has 15 heavy (non-hydrogen) atoms. The highest BCUT2D eigenvalue weighted by Gasteiger charge is 2.17. The number of aromatic nitrogens is 2. The Balaban J connectivity index is 2.62. The van der Waals surface area contributed by atoms with Gasteiger partial charge >= 0.3 is 10.1 Å². The summed E-state index contributed by atoms with van der Waals surface area (Å²) in [6, 6.07) is 4.29. The standard InChI is InChI=1S/C7H6N2O5S/c1-15(11,12)13-6-4-2-3-5-7(6)8-14-9(5)10/h2-4H,1H3. The number of hydrogen-bond acceptors (Lipinski definition) is 6. The van der Waals surface area contributed by atoms with Gasteiger partial charge in [0, 0.05) is 0 Å². The minimum absolute atomic E-state index is 0.0339. The normalized spacial score (nSPS) is 11.8. The maximum atomic E-state index is 11.0. The van der Waals surface area contributed by atoms with E-state index in [1.54, 1.807) is 0 Å². The topological polar surface area (TPSA) is 96.3 Å². The van der Waals surface area contributed by atoms with Crippen molar-refractivity contribution in [2.24, 2.45) is 0 Å². The summed E-state index contributed by atoms with van der Waals surface area (Å²) in [6.45, 7) is 0. The summed E-state index contributed by atoms with van der Waals surface area (Å²) in [4.78, 5) is 0.171. The molecule has 80 valence electrons. The molecule has 7 nitrogen and oxygen atoms in total. The van der Waals surface area contributed by atoms with Crippen LogP contribution in [0.15, 0.2) is 22.8 Å². The second kappa shape index (κ2) is 3.09. The lowest BCUT2D eigenvalue weighted by molar-refractivity contribution is -0.782. The largest absolute Gasteiger partial charge is 0.378 e. The van der Waals surface area contributed by atoms with E-state index in [0.717, 1.165) is 6.26 Å². The third-order valence-corrected chi connectivity index (χ3v) is 2.10. The van der Waals surface area contributed by atoms with Crippen molar-refractivity contribution < 1.29 is 22.1 Å². The van der Waals surface area contributed by atoms with E-state index in [2.05, 4.69) is 14.0 Å². The fourth-order valence-electron chi connectivity index (χ4n) is 1.10. The van der Waals surface area contributed by atoms with Crippen molar-refractivity contribution in [3.05, 3.63) is 23.4 Å². The van der Waals surface area contributed by atoms with Gasteiger partial charge in [-0.1, -0.05) is 6.07 Å². The molecule has 0 aliphatic carbocycles. The fourth-order valence-corrected chi connectivity index (χ4v) is 1.56. The van der Waals surface area contributed by atoms with Gasteiger partial charge in [-0.15, -0.1) is 0 Å². The summed E-state index contributed by atoms with van der Waals surface area (Å²) in [5, 5.41) is 14.4. The van der Waals surface area contributed by atoms with Crippen LogP contribution in [0.2, 0.25) is 0 Å². The van der Waals surface area contributed by atoms with Gasteiger partial charge in [0.25, 0.3) is 5.52 Å². The third kappa shape index (κ3) is 1.84. The molecule has 0 saturated heterocycles. The number of hydrogen-bond donors (Lipinski definition) is 0. The van der Waals surface area contributed by atoms with Crippen molar-refractivity contribution in [1.82, 2.24) is 5.16 Å². The Kier molecular flexibility index (Phi) is 2.00. The lowest BCUT2D eigenvalue weighted by Crippen LogP contribution is -2.22. The highest BCUT2D eigenvalue weighted by Crippen LogP contribution is 2.22. The Labute approximate surface area is 84.5 Å². The Hall–Kier alpha value is -1.83. The Morgan fingerprint density at radius 2 is 2.27 bits per heavy atom. The molecule has 0 atom stereocenters. The summed E-state index contributed by atoms with van der Waals surface area (Å²) in [7, 11) is -3.65. The average molecular weight is 230 g/mol. The van der Waals surface area contributed by atoms with E-state index >= 15 is 0 Å². The second-order valence-electron chi connectivity index (χ2n) is 2.84. The summed E-state index contributed by atoms with van der Waals surface area (Å²) in [6.07, 6.45) is 0.900. The van der Waals surface area contributed by atoms with Crippen molar-refractivity contribution in [2.45, 2.75) is 0 Å². The van der Waals surface area contributed by atoms with E-state index in [4.69, 9.17) is 0 Å². The van der Waals surface area contributed by atoms with Gasteiger partial charge in [0.05, 0.1) is 11.4 Å². The molecule has 0 N–H and O–H groups in total. The maximum absolute atomic E-state index is 11.0. The first-order valence-electron chi connectivity index (χ1n) is 3.85. The van der Waals surface area contributed by atoms with Crippen LogP contribution in [0.5, 0.6) is 5.75 Å². The van der Waals surface area contributed by atoms with Crippen molar-refractivity contribution in [3.63, 3.8) is 0 Å². The first-order valence-corrected chi connectivity index (χ1v) is 5.67. The van der Waals surface area contributed by atoms with Crippen LogP contribution in [0.4, 0.5) is 0 Å². The van der Waals surface area contributed by atoms with Gasteiger partial charge in [0.2, 0.25) is 11.3 Å². The molecule has 1 aromatic heterocycles. The van der Waals surface area contributed by atoms with Gasteiger partial charge in [-0.25, -0.2) is 0 Å². The molecule has 2 rings (SSSR count). The zero-order chi connectivity index (χ0) is 11.1. The van der Waals surface area contributed by atoms with Crippen LogP contribution in [0.1, 0.15) is 0 Å². The highest BCUT2D eigenvalue weighted by molar-refractivity contribution is 7.86. The molecule has 0 aliphatic heterocycles. The average Bonchev–Trinajstić information content (AvgIpc) is 2.47. The molecule has 0 bridgehead atoms. The molecular weight excluding hydrogens is 224 g/mol. The monoisotopic (exact) mass is 230 g/mol. The van der Waals surface area contributed by atoms with Gasteiger partial charge in [-0.05, 0) is 17.0 Å². The van der Waals surface area contributed by atoms with E-state index in [1.165, 1.54) is 18.2 Å². The van der Waals surface area contributed by atoms with Crippen molar-refractivity contribution in [2.75, 3.05) is 6.26 Å². The predicted molar refractivity (Wildman–Crippen MR) is 48.4 cm³/mol. The van der Waals surface area contributed by atoms with Gasteiger partial charge in [-0.3, -0.25) is 4.63 Å². The van der Waals surface area contributed by atoms with Gasteiger partial charge < -0.3 is 9.39 Å². The van der Waals surface area contributed by atoms with Crippen LogP contribution >= 0.6 is 0 Å². The summed E-state index contributed by atoms with van der Waals surface area (Å²) < 4.78 is 30.7. The van der Waals surface area contributed by atoms with E-state index in [-0.39, 0.29) is 21.7 Å². The van der Waals surface area contributed by atoms with Crippen LogP contribution in [-0.4, -0.2) is 19.8 Å². The molecule has 2 aromatic rings. The van der Waals surface area contributed by atoms with Crippen LogP contribution in [0, 0.1) is 5.21 Å². The van der Waals surface area contributed by atoms with E-state index in [1.807, 2.05) is 0 Å². The molecule has 0 fully saturated rings. The van der Waals surface area contributed by atoms with Crippen molar-refractivity contribution >= 4 is 21.2 Å². The zero-order valence-corrected chi connectivity index (χ0v) is 8.39. The van der Waals surface area contributed by atoms with E-state index in [0.29, 0.717) is 0 Å². The number of rotatable bonds is 2. The summed E-state index contributed by atoms with van der Waals surface area (Å²) >= 11 is 0. The third-order valence-electron chi connectivity index (χ3n) is 1.62. The van der Waals surface area contributed by atoms with Gasteiger partial charge in [0.1, 0.15) is 0 Å². The first-order chi connectivity index (χ1) is 6.97. The number of fused-ring (bicyclic) bond motifs is 1. The van der Waals surface area contributed by atoms with E-state index < -0.39 is 10.1 Å². The molecule has 1 aromatic carbocycles. The molecule has 0 radical (unpaired) electrons. The molecule has 1 heterocycles. The lowest BCUT2D eigenvalue weighted by atomic mass is 10.3. The summed E-state index contributed by atoms with van der Waals surface area (Å²) in [5.74, 6) is -0.0339. The molecule has 0 spiro atoms. The maximum Gasteiger partial charge on any atom is 0.306 e. The number of benzene rings is 1. The molecule has 0 saturated carbocycles. The SMILES string of the molecule is CS(=O)(=O)Oc1cccc2c1no[n+]2[O-]. The second-order valence-corrected chi connectivity index (χ2v) is 4.42. The Bertz CT molecular complexity index is 603. The van der Waals surface area contributed by atoms with Crippen LogP contribution in [-0.2, 0) is 10.1 Å². The minimum Gasteiger partial charge on any atom is -0.378 e. The fraction of sp³-hybridized carbons (Fsp3) is 0.143. The van der Waals surface area contributed by atoms with Crippen molar-refractivity contribution in [1.29, 1.82) is 0 Å². The molecule has 8 heteroatoms. The van der Waals surface area contributed by atoms with E-state index in [9.17, 15) is 13.6 Å². The molecule has 0 aliphatic rings. The molecule has 0 unspecified atom stereocenters. The van der Waals surface area contributed by atoms with Crippen LogP contribution in [0.3, 0.4) is 0 Å². The van der Waals surface area contributed by atoms with Crippen molar-refractivity contribution in [3.8, 4) is 5.75 Å². The minimum atomic E-state index is -3.65. The van der Waals surface area contributed by atoms with Gasteiger partial charge in [-0.2, -0.15) is 8.42 Å². The molecular formula is C7H6N2O5S. The first kappa shape index (κ1) is 9.71. The van der Waals surface area contributed by atoms with Gasteiger partial charge in [0.15, 0.2) is 0 Å². The lowest BCUT2D eigenvalue weighted by Gasteiger charge is -1.99.